The number of hydrogen-bond donors (Lipinski definition) is 1. The van der Waals surface area contributed by atoms with E-state index < -0.39 is 10.0 Å². The Morgan fingerprint density at radius 1 is 1.47 bits per heavy atom. The first kappa shape index (κ1) is 14.3. The zero-order valence-electron chi connectivity index (χ0n) is 11.6. The molecule has 0 radical (unpaired) electrons. The molecule has 1 fully saturated rings. The number of pyridine rings is 1. The van der Waals surface area contributed by atoms with Crippen molar-refractivity contribution in [1.82, 2.24) is 9.29 Å². The fraction of sp³-hybridized carbons (Fsp3) is 0.615. The minimum absolute atomic E-state index is 0.0925. The van der Waals surface area contributed by atoms with E-state index in [0.717, 1.165) is 12.8 Å². The normalized spacial score (nSPS) is 20.9. The van der Waals surface area contributed by atoms with Crippen LogP contribution in [0.2, 0.25) is 0 Å². The second-order valence-corrected chi connectivity index (χ2v) is 7.05. The van der Waals surface area contributed by atoms with Crippen LogP contribution in [0.25, 0.3) is 0 Å². The number of rotatable bonds is 4. The highest BCUT2D eigenvalue weighted by Gasteiger charge is 2.37. The first-order chi connectivity index (χ1) is 8.98. The molecule has 1 unspecified atom stereocenters. The average molecular weight is 283 g/mol. The van der Waals surface area contributed by atoms with E-state index in [1.165, 1.54) is 6.20 Å². The van der Waals surface area contributed by atoms with Gasteiger partial charge in [0, 0.05) is 32.0 Å². The number of anilines is 1. The van der Waals surface area contributed by atoms with E-state index >= 15 is 0 Å². The monoisotopic (exact) mass is 283 g/mol. The van der Waals surface area contributed by atoms with Crippen LogP contribution in [0.1, 0.15) is 26.7 Å². The third kappa shape index (κ3) is 2.60. The van der Waals surface area contributed by atoms with Crippen LogP contribution in [0.3, 0.4) is 0 Å². The van der Waals surface area contributed by atoms with Crippen molar-refractivity contribution in [2.45, 2.75) is 37.6 Å². The largest absolute Gasteiger partial charge is 0.387 e. The quantitative estimate of drug-likeness (QED) is 0.917. The zero-order chi connectivity index (χ0) is 14.0. The van der Waals surface area contributed by atoms with Crippen LogP contribution in [0.15, 0.2) is 23.4 Å². The first-order valence-corrected chi connectivity index (χ1v) is 8.06. The van der Waals surface area contributed by atoms with E-state index in [1.54, 1.807) is 23.6 Å². The van der Waals surface area contributed by atoms with Crippen LogP contribution in [0.5, 0.6) is 0 Å². The molecule has 0 aliphatic carbocycles. The van der Waals surface area contributed by atoms with Gasteiger partial charge in [0.1, 0.15) is 4.90 Å². The molecule has 1 saturated heterocycles. The van der Waals surface area contributed by atoms with Crippen molar-refractivity contribution < 1.29 is 8.42 Å². The molecule has 19 heavy (non-hydrogen) atoms. The van der Waals surface area contributed by atoms with Crippen molar-refractivity contribution >= 4 is 15.7 Å². The molecule has 6 heteroatoms. The maximum Gasteiger partial charge on any atom is 0.246 e. The van der Waals surface area contributed by atoms with Crippen LogP contribution < -0.4 is 5.32 Å². The summed E-state index contributed by atoms with van der Waals surface area (Å²) in [5.41, 5.74) is 0.601. The lowest BCUT2D eigenvalue weighted by molar-refractivity contribution is 0.316. The molecule has 0 aromatic carbocycles. The smallest absolute Gasteiger partial charge is 0.246 e. The van der Waals surface area contributed by atoms with Gasteiger partial charge in [0.15, 0.2) is 0 Å². The SMILES string of the molecule is CNc1ccncc1S(=O)(=O)N1CCCC1C(C)C. The molecule has 2 rings (SSSR count). The number of hydrogen-bond acceptors (Lipinski definition) is 4. The van der Waals surface area contributed by atoms with Crippen molar-refractivity contribution in [2.75, 3.05) is 18.9 Å². The Kier molecular flexibility index (Phi) is 4.10. The van der Waals surface area contributed by atoms with E-state index in [0.29, 0.717) is 18.2 Å². The van der Waals surface area contributed by atoms with E-state index in [2.05, 4.69) is 24.1 Å². The third-order valence-corrected chi connectivity index (χ3v) is 5.61. The third-order valence-electron chi connectivity index (χ3n) is 3.66. The molecule has 0 amide bonds. The molecule has 2 heterocycles. The van der Waals surface area contributed by atoms with Crippen LogP contribution in [-0.2, 0) is 10.0 Å². The van der Waals surface area contributed by atoms with Crippen molar-refractivity contribution in [1.29, 1.82) is 0 Å². The van der Waals surface area contributed by atoms with Gasteiger partial charge in [0.05, 0.1) is 5.69 Å². The summed E-state index contributed by atoms with van der Waals surface area (Å²) in [6, 6.07) is 1.78. The van der Waals surface area contributed by atoms with Crippen LogP contribution >= 0.6 is 0 Å². The second-order valence-electron chi connectivity index (χ2n) is 5.19. The van der Waals surface area contributed by atoms with Gasteiger partial charge in [0.25, 0.3) is 0 Å². The van der Waals surface area contributed by atoms with Crippen LogP contribution in [0.4, 0.5) is 5.69 Å². The molecular weight excluding hydrogens is 262 g/mol. The van der Waals surface area contributed by atoms with Gasteiger partial charge in [-0.3, -0.25) is 4.98 Å². The Hall–Kier alpha value is -1.14. The topological polar surface area (TPSA) is 62.3 Å². The van der Waals surface area contributed by atoms with Crippen LogP contribution in [0, 0.1) is 5.92 Å². The van der Waals surface area contributed by atoms with Gasteiger partial charge in [-0.1, -0.05) is 13.8 Å². The standard InChI is InChI=1S/C13H21N3O2S/c1-10(2)12-5-4-8-16(12)19(17,18)13-9-15-7-6-11(13)14-3/h6-7,9-10,12H,4-5,8H2,1-3H3,(H,14,15). The van der Waals surface area contributed by atoms with Crippen molar-refractivity contribution in [3.63, 3.8) is 0 Å². The minimum Gasteiger partial charge on any atom is -0.387 e. The number of aromatic nitrogens is 1. The number of nitrogens with zero attached hydrogens (tertiary/aromatic N) is 2. The molecule has 0 spiro atoms. The lowest BCUT2D eigenvalue weighted by Gasteiger charge is -2.27. The van der Waals surface area contributed by atoms with Gasteiger partial charge < -0.3 is 5.32 Å². The Morgan fingerprint density at radius 3 is 2.84 bits per heavy atom. The Morgan fingerprint density at radius 2 is 2.21 bits per heavy atom. The Labute approximate surface area is 115 Å². The first-order valence-electron chi connectivity index (χ1n) is 6.62. The van der Waals surface area contributed by atoms with Gasteiger partial charge in [-0.15, -0.1) is 0 Å². The summed E-state index contributed by atoms with van der Waals surface area (Å²) >= 11 is 0. The van der Waals surface area contributed by atoms with Crippen LogP contribution in [-0.4, -0.2) is 37.3 Å². The van der Waals surface area contributed by atoms with E-state index in [9.17, 15) is 8.42 Å². The lowest BCUT2D eigenvalue weighted by atomic mass is 10.0. The summed E-state index contributed by atoms with van der Waals surface area (Å²) in [7, 11) is -1.75. The number of nitrogens with one attached hydrogen (secondary N) is 1. The van der Waals surface area contributed by atoms with Gasteiger partial charge in [-0.25, -0.2) is 8.42 Å². The van der Waals surface area contributed by atoms with Gasteiger partial charge in [-0.2, -0.15) is 4.31 Å². The summed E-state index contributed by atoms with van der Waals surface area (Å²) < 4.78 is 27.2. The molecule has 0 bridgehead atoms. The minimum atomic E-state index is -3.47. The zero-order valence-corrected chi connectivity index (χ0v) is 12.4. The maximum absolute atomic E-state index is 12.8. The molecule has 1 aromatic heterocycles. The van der Waals surface area contributed by atoms with E-state index in [1.807, 2.05) is 0 Å². The molecule has 5 nitrogen and oxygen atoms in total. The molecular formula is C13H21N3O2S. The van der Waals surface area contributed by atoms with Crippen molar-refractivity contribution in [2.24, 2.45) is 5.92 Å². The lowest BCUT2D eigenvalue weighted by Crippen LogP contribution is -2.38. The highest BCUT2D eigenvalue weighted by Crippen LogP contribution is 2.32. The summed E-state index contributed by atoms with van der Waals surface area (Å²) in [6.45, 7) is 4.74. The van der Waals surface area contributed by atoms with Crippen molar-refractivity contribution in [3.05, 3.63) is 18.5 Å². The van der Waals surface area contributed by atoms with Crippen molar-refractivity contribution in [3.8, 4) is 0 Å². The summed E-state index contributed by atoms with van der Waals surface area (Å²) in [6.07, 6.45) is 4.88. The molecule has 1 atom stereocenters. The van der Waals surface area contributed by atoms with E-state index in [4.69, 9.17) is 0 Å². The Balaban J connectivity index is 2.42. The summed E-state index contributed by atoms with van der Waals surface area (Å²) in [5.74, 6) is 0.326. The maximum atomic E-state index is 12.8. The highest BCUT2D eigenvalue weighted by atomic mass is 32.2. The average Bonchev–Trinajstić information content (AvgIpc) is 2.88. The molecule has 1 aromatic rings. The van der Waals surface area contributed by atoms with E-state index in [-0.39, 0.29) is 10.9 Å². The van der Waals surface area contributed by atoms with Gasteiger partial charge >= 0.3 is 0 Å². The number of sulfonamides is 1. The fourth-order valence-corrected chi connectivity index (χ4v) is 4.62. The highest BCUT2D eigenvalue weighted by molar-refractivity contribution is 7.89. The molecule has 1 aliphatic heterocycles. The Bertz CT molecular complexity index is 543. The van der Waals surface area contributed by atoms with Gasteiger partial charge in [0.2, 0.25) is 10.0 Å². The molecule has 1 aliphatic rings. The molecule has 1 N–H and O–H groups in total. The summed E-state index contributed by atoms with van der Waals surface area (Å²) in [4.78, 5) is 4.22. The molecule has 106 valence electrons. The summed E-state index contributed by atoms with van der Waals surface area (Å²) in [5, 5.41) is 2.92. The predicted molar refractivity (Wildman–Crippen MR) is 75.5 cm³/mol. The fourth-order valence-electron chi connectivity index (χ4n) is 2.65. The molecule has 0 saturated carbocycles. The second kappa shape index (κ2) is 5.46. The predicted octanol–water partition coefficient (Wildman–Crippen LogP) is 1.93. The van der Waals surface area contributed by atoms with Gasteiger partial charge in [-0.05, 0) is 24.8 Å².